The van der Waals surface area contributed by atoms with Crippen LogP contribution in [0.5, 0.6) is 17.2 Å². The summed E-state index contributed by atoms with van der Waals surface area (Å²) in [6.07, 6.45) is 1.95. The zero-order valence-electron chi connectivity index (χ0n) is 46.7. The van der Waals surface area contributed by atoms with Crippen LogP contribution in [-0.2, 0) is 36.6 Å². The van der Waals surface area contributed by atoms with E-state index in [9.17, 15) is 14.7 Å². The molecule has 0 aliphatic carbocycles. The van der Waals surface area contributed by atoms with E-state index in [0.717, 1.165) is 116 Å². The zero-order valence-corrected chi connectivity index (χ0v) is 46.7. The molecule has 0 spiro atoms. The van der Waals surface area contributed by atoms with Crippen molar-refractivity contribution in [2.45, 2.75) is 38.8 Å². The molecule has 0 aromatic heterocycles. The van der Waals surface area contributed by atoms with Crippen molar-refractivity contribution < 1.29 is 43.5 Å². The number of fused-ring (bicyclic) bond motifs is 2. The molecule has 0 bridgehead atoms. The number of carboxylic acid groups (broad SMARTS) is 1. The molecule has 4 aliphatic rings. The van der Waals surface area contributed by atoms with Crippen LogP contribution in [0.4, 0.5) is 11.4 Å². The van der Waals surface area contributed by atoms with E-state index in [1.165, 1.54) is 50.3 Å². The topological polar surface area (TPSA) is 140 Å². The summed E-state index contributed by atoms with van der Waals surface area (Å²) in [5, 5.41) is 18.7. The molecule has 2 fully saturated rings. The SMILES string of the molecule is CCOC(=O)COCCN1CCN(CCOc2ccc(C3c4ccc(C)cc4CCN3c3ccccc3)cc2)CC1.O=C(O)COCCN1CCN(CCOc2ccc(C3c4ccc(O)cc4CCN3c3ccccc3)cc2)CC1. The number of carbonyl (C=O) groups excluding carboxylic acids is 1. The molecule has 15 nitrogen and oxygen atoms in total. The lowest BCUT2D eigenvalue weighted by Crippen LogP contribution is -2.48. The molecule has 2 saturated heterocycles. The van der Waals surface area contributed by atoms with Gasteiger partial charge < -0.3 is 43.7 Å². The molecule has 2 atom stereocenters. The zero-order chi connectivity index (χ0) is 55.5. The molecule has 10 rings (SSSR count). The number of piperazine rings is 2. The molecule has 80 heavy (non-hydrogen) atoms. The minimum atomic E-state index is -0.927. The van der Waals surface area contributed by atoms with Gasteiger partial charge in [0.1, 0.15) is 43.7 Å². The Labute approximate surface area is 472 Å². The Hall–Kier alpha value is -6.98. The monoisotopic (exact) mass is 1090 g/mol. The summed E-state index contributed by atoms with van der Waals surface area (Å²) in [5.74, 6) is 0.869. The van der Waals surface area contributed by atoms with Gasteiger partial charge in [0.15, 0.2) is 0 Å². The number of phenols is 1. The van der Waals surface area contributed by atoms with Gasteiger partial charge in [-0.1, -0.05) is 90.5 Å². The first kappa shape index (κ1) is 57.7. The van der Waals surface area contributed by atoms with Gasteiger partial charge in [-0.2, -0.15) is 0 Å². The molecule has 424 valence electrons. The Kier molecular flexibility index (Phi) is 21.3. The number of benzene rings is 6. The summed E-state index contributed by atoms with van der Waals surface area (Å²) < 4.78 is 27.7. The number of phenolic OH excluding ortho intramolecular Hbond substituents is 1. The highest BCUT2D eigenvalue weighted by Gasteiger charge is 2.31. The summed E-state index contributed by atoms with van der Waals surface area (Å²) in [4.78, 5) is 36.4. The van der Waals surface area contributed by atoms with Crippen molar-refractivity contribution in [1.29, 1.82) is 0 Å². The second-order valence-electron chi connectivity index (χ2n) is 21.0. The van der Waals surface area contributed by atoms with E-state index in [4.69, 9.17) is 28.8 Å². The Morgan fingerprint density at radius 3 is 1.38 bits per heavy atom. The lowest BCUT2D eigenvalue weighted by molar-refractivity contribution is -0.148. The van der Waals surface area contributed by atoms with E-state index >= 15 is 0 Å². The average molecular weight is 1090 g/mol. The molecular formula is C65H80N6O9. The molecule has 6 aromatic carbocycles. The van der Waals surface area contributed by atoms with Crippen molar-refractivity contribution in [1.82, 2.24) is 19.6 Å². The molecule has 0 amide bonds. The second-order valence-corrected chi connectivity index (χ2v) is 21.0. The van der Waals surface area contributed by atoms with Gasteiger partial charge in [-0.15, -0.1) is 0 Å². The first-order chi connectivity index (χ1) is 39.2. The highest BCUT2D eigenvalue weighted by molar-refractivity contribution is 5.70. The minimum absolute atomic E-state index is 0.0328. The van der Waals surface area contributed by atoms with Crippen molar-refractivity contribution in [2.75, 3.05) is 148 Å². The number of hydrogen-bond acceptors (Lipinski definition) is 14. The molecule has 2 unspecified atom stereocenters. The van der Waals surface area contributed by atoms with Crippen molar-refractivity contribution in [3.05, 3.63) is 185 Å². The first-order valence-electron chi connectivity index (χ1n) is 28.6. The Balaban J connectivity index is 0.000000194. The van der Waals surface area contributed by atoms with Gasteiger partial charge in [0.05, 0.1) is 31.9 Å². The summed E-state index contributed by atoms with van der Waals surface area (Å²) in [5.41, 5.74) is 11.5. The number of hydrogen-bond donors (Lipinski definition) is 2. The Morgan fingerprint density at radius 2 is 0.925 bits per heavy atom. The van der Waals surface area contributed by atoms with Crippen molar-refractivity contribution >= 4 is 23.3 Å². The van der Waals surface area contributed by atoms with Gasteiger partial charge in [0.2, 0.25) is 0 Å². The molecule has 0 radical (unpaired) electrons. The van der Waals surface area contributed by atoms with Crippen LogP contribution in [-0.4, -0.2) is 180 Å². The van der Waals surface area contributed by atoms with Crippen molar-refractivity contribution in [3.8, 4) is 17.2 Å². The molecule has 15 heteroatoms. The molecule has 0 saturated carbocycles. The van der Waals surface area contributed by atoms with Crippen LogP contribution < -0.4 is 19.3 Å². The van der Waals surface area contributed by atoms with Crippen LogP contribution in [0.1, 0.15) is 58.0 Å². The van der Waals surface area contributed by atoms with Gasteiger partial charge in [-0.25, -0.2) is 9.59 Å². The third-order valence-corrected chi connectivity index (χ3v) is 15.6. The third kappa shape index (κ3) is 16.3. The number of carbonyl (C=O) groups is 2. The van der Waals surface area contributed by atoms with E-state index in [2.05, 4.69) is 164 Å². The molecule has 4 aliphatic heterocycles. The number of aromatic hydroxyl groups is 1. The average Bonchev–Trinajstić information content (AvgIpc) is 3.56. The molecular weight excluding hydrogens is 1010 g/mol. The molecule has 4 heterocycles. The number of nitrogens with zero attached hydrogens (tertiary/aromatic N) is 6. The van der Waals surface area contributed by atoms with Crippen LogP contribution in [0, 0.1) is 6.92 Å². The second kappa shape index (κ2) is 29.5. The van der Waals surface area contributed by atoms with Crippen LogP contribution in [0.15, 0.2) is 146 Å². The fraction of sp³-hybridized carbons (Fsp3) is 0.415. The number of carboxylic acids is 1. The van der Waals surface area contributed by atoms with E-state index in [-0.39, 0.29) is 31.3 Å². The summed E-state index contributed by atoms with van der Waals surface area (Å²) in [6, 6.07) is 51.3. The summed E-state index contributed by atoms with van der Waals surface area (Å²) in [7, 11) is 0. The smallest absolute Gasteiger partial charge is 0.332 e. The number of para-hydroxylation sites is 2. The van der Waals surface area contributed by atoms with Gasteiger partial charge >= 0.3 is 11.9 Å². The molecule has 6 aromatic rings. The maximum Gasteiger partial charge on any atom is 0.332 e. The summed E-state index contributed by atoms with van der Waals surface area (Å²) >= 11 is 0. The maximum absolute atomic E-state index is 11.4. The van der Waals surface area contributed by atoms with E-state index in [0.29, 0.717) is 38.8 Å². The standard InChI is InChI=1S/C34H43N3O4.C31H37N3O5/c1-3-40-33(38)26-39-23-21-35-17-19-36(20-18-35)22-24-41-31-12-10-28(11-13-31)34-32-14-9-27(2)25-29(32)15-16-37(34)30-7-5-4-6-8-30;35-27-8-11-29-25(22-27)12-13-34(26-4-2-1-3-5-26)31(29)24-6-9-28(10-7-24)39-21-19-33-16-14-32(15-17-33)18-20-38-23-30(36)37/h4-14,25,34H,3,15-24,26H2,1-2H3;1-11,22,31,35H,12-21,23H2,(H,36,37). The predicted molar refractivity (Wildman–Crippen MR) is 313 cm³/mol. The number of aliphatic carboxylic acids is 1. The van der Waals surface area contributed by atoms with E-state index in [1.54, 1.807) is 13.0 Å². The van der Waals surface area contributed by atoms with Crippen molar-refractivity contribution in [2.24, 2.45) is 0 Å². The number of anilines is 2. The van der Waals surface area contributed by atoms with Gasteiger partial charge in [-0.3, -0.25) is 19.6 Å². The highest BCUT2D eigenvalue weighted by Crippen LogP contribution is 2.41. The lowest BCUT2D eigenvalue weighted by Gasteiger charge is -2.39. The fourth-order valence-corrected chi connectivity index (χ4v) is 11.3. The number of aryl methyl sites for hydroxylation is 1. The fourth-order valence-electron chi connectivity index (χ4n) is 11.3. The van der Waals surface area contributed by atoms with Crippen LogP contribution in [0.25, 0.3) is 0 Å². The summed E-state index contributed by atoms with van der Waals surface area (Å²) in [6.45, 7) is 19.6. The highest BCUT2D eigenvalue weighted by atomic mass is 16.6. The molecule has 2 N–H and O–H groups in total. The third-order valence-electron chi connectivity index (χ3n) is 15.6. The number of rotatable bonds is 23. The van der Waals surface area contributed by atoms with Crippen LogP contribution in [0.3, 0.4) is 0 Å². The van der Waals surface area contributed by atoms with E-state index in [1.807, 2.05) is 12.1 Å². The Bertz CT molecular complexity index is 2840. The van der Waals surface area contributed by atoms with Crippen LogP contribution in [0.2, 0.25) is 0 Å². The van der Waals surface area contributed by atoms with Crippen LogP contribution >= 0.6 is 0 Å². The largest absolute Gasteiger partial charge is 0.508 e. The van der Waals surface area contributed by atoms with Gasteiger partial charge in [0.25, 0.3) is 0 Å². The number of esters is 1. The van der Waals surface area contributed by atoms with E-state index < -0.39 is 5.97 Å². The maximum atomic E-state index is 11.4. The normalized spacial score (nSPS) is 17.9. The predicted octanol–water partition coefficient (Wildman–Crippen LogP) is 8.37. The minimum Gasteiger partial charge on any atom is -0.508 e. The lowest BCUT2D eigenvalue weighted by atomic mass is 9.87. The first-order valence-corrected chi connectivity index (χ1v) is 28.6. The quantitative estimate of drug-likeness (QED) is 0.0469. The van der Waals surface area contributed by atoms with Gasteiger partial charge in [-0.05, 0) is 121 Å². The number of ether oxygens (including phenoxy) is 5. The Morgan fingerprint density at radius 1 is 0.500 bits per heavy atom. The van der Waals surface area contributed by atoms with Gasteiger partial charge in [0, 0.05) is 103 Å². The van der Waals surface area contributed by atoms with Crippen molar-refractivity contribution in [3.63, 3.8) is 0 Å².